The van der Waals surface area contributed by atoms with Crippen molar-refractivity contribution in [3.63, 3.8) is 0 Å². The summed E-state index contributed by atoms with van der Waals surface area (Å²) >= 11 is 0. The Kier molecular flexibility index (Phi) is 3.55. The quantitative estimate of drug-likeness (QED) is 0.390. The zero-order chi connectivity index (χ0) is 12.3. The monoisotopic (exact) mass is 223 g/mol. The van der Waals surface area contributed by atoms with Gasteiger partial charge in [0.25, 0.3) is 0 Å². The van der Waals surface area contributed by atoms with E-state index in [0.29, 0.717) is 6.61 Å². The lowest BCUT2D eigenvalue weighted by Crippen LogP contribution is -2.26. The van der Waals surface area contributed by atoms with Crippen LogP contribution in [-0.2, 0) is 14.3 Å². The van der Waals surface area contributed by atoms with Gasteiger partial charge in [0.05, 0.1) is 12.7 Å². The normalized spacial score (nSPS) is 25.2. The molecule has 0 amide bonds. The van der Waals surface area contributed by atoms with E-state index < -0.39 is 17.9 Å². The van der Waals surface area contributed by atoms with E-state index >= 15 is 0 Å². The van der Waals surface area contributed by atoms with E-state index in [0.717, 1.165) is 0 Å². The number of hydrogen-bond acceptors (Lipinski definition) is 4. The van der Waals surface area contributed by atoms with Gasteiger partial charge in [-0.3, -0.25) is 0 Å². The highest BCUT2D eigenvalue weighted by atomic mass is 16.5. The number of carbonyl (C=O) groups is 2. The standard InChI is InChI=1S/C12H16O4/c1-4-16-9(13)7-5-6-8-10(11(14)15)12(8,2)3/h6-8,10H,4H2,1-3H3,(H,14,15)/p-1. The summed E-state index contributed by atoms with van der Waals surface area (Å²) in [5.74, 6) is -2.13. The lowest BCUT2D eigenvalue weighted by molar-refractivity contribution is -0.309. The highest BCUT2D eigenvalue weighted by Gasteiger charge is 2.56. The van der Waals surface area contributed by atoms with Gasteiger partial charge in [0, 0.05) is 11.9 Å². The smallest absolute Gasteiger partial charge is 0.338 e. The first-order valence-electron chi connectivity index (χ1n) is 5.21. The molecule has 0 aromatic carbocycles. The zero-order valence-corrected chi connectivity index (χ0v) is 9.65. The molecule has 0 aliphatic heterocycles. The van der Waals surface area contributed by atoms with Gasteiger partial charge in [-0.15, -0.1) is 5.73 Å². The molecule has 0 saturated heterocycles. The van der Waals surface area contributed by atoms with Crippen LogP contribution in [-0.4, -0.2) is 18.5 Å². The summed E-state index contributed by atoms with van der Waals surface area (Å²) in [6.45, 7) is 5.72. The van der Waals surface area contributed by atoms with Crippen LogP contribution in [0.2, 0.25) is 0 Å². The van der Waals surface area contributed by atoms with Gasteiger partial charge in [-0.1, -0.05) is 13.8 Å². The van der Waals surface area contributed by atoms with Crippen LogP contribution < -0.4 is 5.11 Å². The second-order valence-electron chi connectivity index (χ2n) is 4.37. The topological polar surface area (TPSA) is 66.4 Å². The number of hydrogen-bond donors (Lipinski definition) is 0. The summed E-state index contributed by atoms with van der Waals surface area (Å²) in [6.07, 6.45) is 2.77. The molecule has 1 saturated carbocycles. The SMILES string of the molecule is CCOC(=O)C=C=CC1C(C(=O)[O-])C1(C)C. The highest BCUT2D eigenvalue weighted by Crippen LogP contribution is 2.58. The summed E-state index contributed by atoms with van der Waals surface area (Å²) < 4.78 is 4.66. The van der Waals surface area contributed by atoms with Crippen molar-refractivity contribution in [2.24, 2.45) is 17.3 Å². The Balaban J connectivity index is 2.60. The van der Waals surface area contributed by atoms with E-state index in [1.807, 2.05) is 13.8 Å². The van der Waals surface area contributed by atoms with E-state index in [1.165, 1.54) is 6.08 Å². The van der Waals surface area contributed by atoms with Crippen LogP contribution in [0.4, 0.5) is 0 Å². The average molecular weight is 223 g/mol. The fourth-order valence-corrected chi connectivity index (χ4v) is 1.84. The molecule has 4 nitrogen and oxygen atoms in total. The Morgan fingerprint density at radius 3 is 2.56 bits per heavy atom. The Bertz CT molecular complexity index is 361. The zero-order valence-electron chi connectivity index (χ0n) is 9.65. The van der Waals surface area contributed by atoms with E-state index in [1.54, 1.807) is 13.0 Å². The van der Waals surface area contributed by atoms with Crippen molar-refractivity contribution >= 4 is 11.9 Å². The lowest BCUT2D eigenvalue weighted by atomic mass is 10.1. The maximum absolute atomic E-state index is 10.9. The van der Waals surface area contributed by atoms with Gasteiger partial charge in [-0.25, -0.2) is 4.79 Å². The molecular weight excluding hydrogens is 208 g/mol. The summed E-state index contributed by atoms with van der Waals surface area (Å²) in [5.41, 5.74) is 2.35. The molecule has 2 atom stereocenters. The predicted octanol–water partition coefficient (Wildman–Crippen LogP) is 0.283. The van der Waals surface area contributed by atoms with Crippen molar-refractivity contribution in [1.29, 1.82) is 0 Å². The molecule has 0 N–H and O–H groups in total. The predicted molar refractivity (Wildman–Crippen MR) is 55.1 cm³/mol. The van der Waals surface area contributed by atoms with E-state index in [2.05, 4.69) is 10.5 Å². The third-order valence-electron chi connectivity index (χ3n) is 2.93. The molecule has 1 rings (SSSR count). The van der Waals surface area contributed by atoms with Crippen molar-refractivity contribution in [2.75, 3.05) is 6.61 Å². The molecule has 4 heteroatoms. The average Bonchev–Trinajstić information content (AvgIpc) is 2.69. The molecule has 16 heavy (non-hydrogen) atoms. The minimum Gasteiger partial charge on any atom is -0.550 e. The van der Waals surface area contributed by atoms with E-state index in [4.69, 9.17) is 0 Å². The van der Waals surface area contributed by atoms with Gasteiger partial charge in [0.1, 0.15) is 0 Å². The van der Waals surface area contributed by atoms with Crippen LogP contribution in [0.5, 0.6) is 0 Å². The molecule has 2 unspecified atom stereocenters. The molecule has 1 fully saturated rings. The maximum Gasteiger partial charge on any atom is 0.338 e. The van der Waals surface area contributed by atoms with Gasteiger partial charge in [-0.05, 0) is 24.3 Å². The summed E-state index contributed by atoms with van der Waals surface area (Å²) in [6, 6.07) is 0. The fraction of sp³-hybridized carbons (Fsp3) is 0.583. The Morgan fingerprint density at radius 1 is 1.50 bits per heavy atom. The first kappa shape index (κ1) is 12.5. The van der Waals surface area contributed by atoms with Crippen molar-refractivity contribution < 1.29 is 19.4 Å². The summed E-state index contributed by atoms with van der Waals surface area (Å²) in [4.78, 5) is 21.7. The van der Waals surface area contributed by atoms with Crippen LogP contribution in [0.1, 0.15) is 20.8 Å². The van der Waals surface area contributed by atoms with E-state index in [9.17, 15) is 14.7 Å². The van der Waals surface area contributed by atoms with Crippen LogP contribution in [0.15, 0.2) is 17.9 Å². The Labute approximate surface area is 94.6 Å². The Hall–Kier alpha value is -1.54. The molecule has 0 aromatic heterocycles. The van der Waals surface area contributed by atoms with Crippen LogP contribution in [0.25, 0.3) is 0 Å². The first-order valence-corrected chi connectivity index (χ1v) is 5.21. The largest absolute Gasteiger partial charge is 0.550 e. The minimum atomic E-state index is -1.05. The van der Waals surface area contributed by atoms with Crippen molar-refractivity contribution in [2.45, 2.75) is 20.8 Å². The number of aliphatic carboxylic acids is 1. The summed E-state index contributed by atoms with van der Waals surface area (Å²) in [5, 5.41) is 10.7. The van der Waals surface area contributed by atoms with Gasteiger partial charge in [0.2, 0.25) is 0 Å². The van der Waals surface area contributed by atoms with Gasteiger partial charge in [0.15, 0.2) is 0 Å². The molecular formula is C12H15O4-. The number of rotatable bonds is 4. The maximum atomic E-state index is 10.9. The molecule has 0 bridgehead atoms. The molecule has 0 aromatic rings. The molecule has 0 radical (unpaired) electrons. The number of carboxylic acid groups (broad SMARTS) is 1. The number of ether oxygens (including phenoxy) is 1. The van der Waals surface area contributed by atoms with Crippen LogP contribution >= 0.6 is 0 Å². The molecule has 88 valence electrons. The fourth-order valence-electron chi connectivity index (χ4n) is 1.84. The molecule has 0 spiro atoms. The molecule has 1 aliphatic rings. The van der Waals surface area contributed by atoms with E-state index in [-0.39, 0.29) is 11.3 Å². The van der Waals surface area contributed by atoms with Crippen LogP contribution in [0, 0.1) is 17.3 Å². The first-order chi connectivity index (χ1) is 7.41. The van der Waals surface area contributed by atoms with Crippen molar-refractivity contribution in [3.8, 4) is 0 Å². The lowest BCUT2D eigenvalue weighted by Gasteiger charge is -2.01. The molecule has 1 aliphatic carbocycles. The van der Waals surface area contributed by atoms with Gasteiger partial charge < -0.3 is 14.6 Å². The summed E-state index contributed by atoms with van der Waals surface area (Å²) in [7, 11) is 0. The van der Waals surface area contributed by atoms with Crippen molar-refractivity contribution in [1.82, 2.24) is 0 Å². The third-order valence-corrected chi connectivity index (χ3v) is 2.93. The number of carbonyl (C=O) groups excluding carboxylic acids is 2. The highest BCUT2D eigenvalue weighted by molar-refractivity contribution is 5.81. The molecule has 0 heterocycles. The number of carboxylic acids is 1. The Morgan fingerprint density at radius 2 is 2.12 bits per heavy atom. The van der Waals surface area contributed by atoms with Gasteiger partial charge >= 0.3 is 5.97 Å². The minimum absolute atomic E-state index is 0.122. The van der Waals surface area contributed by atoms with Gasteiger partial charge in [-0.2, -0.15) is 0 Å². The second kappa shape index (κ2) is 4.54. The third kappa shape index (κ3) is 2.52. The van der Waals surface area contributed by atoms with Crippen LogP contribution in [0.3, 0.4) is 0 Å². The number of esters is 1. The second-order valence-corrected chi connectivity index (χ2v) is 4.37. The van der Waals surface area contributed by atoms with Crippen molar-refractivity contribution in [3.05, 3.63) is 17.9 Å².